The smallest absolute Gasteiger partial charge is 0.342 e. The summed E-state index contributed by atoms with van der Waals surface area (Å²) in [6.45, 7) is 8.61. The molecule has 1 heterocycles. The number of carbonyl (C=O) groups excluding carboxylic acids is 2. The van der Waals surface area contributed by atoms with Crippen LogP contribution < -0.4 is 9.47 Å². The number of hydrogen-bond acceptors (Lipinski definition) is 10. The topological polar surface area (TPSA) is 152 Å². The Morgan fingerprint density at radius 1 is 0.671 bits per heavy atom. The average Bonchev–Trinajstić information content (AvgIpc) is 3.40. The first-order valence-electron chi connectivity index (χ1n) is 23.2. The number of hydrogen-bond donors (Lipinski definition) is 4. The van der Waals surface area contributed by atoms with E-state index >= 15 is 0 Å². The Morgan fingerprint density at radius 2 is 1.16 bits per heavy atom. The Bertz CT molecular complexity index is 3240. The van der Waals surface area contributed by atoms with Crippen molar-refractivity contribution in [2.75, 3.05) is 19.8 Å². The zero-order chi connectivity index (χ0) is 51.6. The molecule has 0 aromatic heterocycles. The minimum absolute atomic E-state index is 0. The van der Waals surface area contributed by atoms with Gasteiger partial charge in [-0.25, -0.2) is 9.59 Å². The number of terminal acetylenes is 1. The van der Waals surface area contributed by atoms with E-state index < -0.39 is 23.1 Å². The number of benzene rings is 8. The Morgan fingerprint density at radius 3 is 1.71 bits per heavy atom. The van der Waals surface area contributed by atoms with Gasteiger partial charge in [-0.2, -0.15) is 0 Å². The van der Waals surface area contributed by atoms with Crippen molar-refractivity contribution in [1.82, 2.24) is 0 Å². The number of fused-ring (bicyclic) bond motifs is 4. The van der Waals surface area contributed by atoms with Crippen LogP contribution in [0.3, 0.4) is 0 Å². The van der Waals surface area contributed by atoms with Crippen LogP contribution in [0.1, 0.15) is 88.7 Å². The van der Waals surface area contributed by atoms with Gasteiger partial charge in [0, 0.05) is 58.3 Å². The fourth-order valence-corrected chi connectivity index (χ4v) is 8.73. The lowest BCUT2D eigenvalue weighted by atomic mass is 9.82. The lowest BCUT2D eigenvalue weighted by Crippen LogP contribution is -2.34. The van der Waals surface area contributed by atoms with E-state index in [2.05, 4.69) is 69.0 Å². The highest BCUT2D eigenvalue weighted by atomic mass is 79.9. The second-order valence-corrected chi connectivity index (χ2v) is 18.4. The van der Waals surface area contributed by atoms with Crippen molar-refractivity contribution >= 4 is 71.4 Å². The normalized spacial score (nSPS) is 14.0. The molecule has 0 amide bonds. The number of aromatic hydroxyl groups is 3. The Labute approximate surface area is 442 Å². The summed E-state index contributed by atoms with van der Waals surface area (Å²) in [6.07, 6.45) is 10.3. The van der Waals surface area contributed by atoms with E-state index in [0.29, 0.717) is 45.2 Å². The molecule has 12 heteroatoms. The lowest BCUT2D eigenvalue weighted by Gasteiger charge is -2.37. The van der Waals surface area contributed by atoms with Crippen LogP contribution in [0.15, 0.2) is 167 Å². The van der Waals surface area contributed by atoms with Gasteiger partial charge in [0.15, 0.2) is 11.2 Å². The first-order chi connectivity index (χ1) is 34.7. The fourth-order valence-electron chi connectivity index (χ4n) is 8.20. The van der Waals surface area contributed by atoms with Crippen molar-refractivity contribution in [3.63, 3.8) is 0 Å². The maximum absolute atomic E-state index is 12.9. The molecule has 0 aliphatic carbocycles. The largest absolute Gasteiger partial charge is 0.507 e. The van der Waals surface area contributed by atoms with Crippen molar-refractivity contribution in [1.29, 1.82) is 0 Å². The van der Waals surface area contributed by atoms with E-state index in [9.17, 15) is 30.0 Å². The van der Waals surface area contributed by atoms with E-state index in [-0.39, 0.29) is 49.0 Å². The predicted molar refractivity (Wildman–Crippen MR) is 295 cm³/mol. The van der Waals surface area contributed by atoms with Gasteiger partial charge < -0.3 is 39.4 Å². The highest BCUT2D eigenvalue weighted by Gasteiger charge is 2.40. The molecular weight excluding hydrogens is 1050 g/mol. The number of aryl methyl sites for hydroxylation is 1. The second-order valence-electron chi connectivity index (χ2n) is 16.6. The Kier molecular flexibility index (Phi) is 18.2. The van der Waals surface area contributed by atoms with Crippen LogP contribution >= 0.6 is 31.9 Å². The van der Waals surface area contributed by atoms with Crippen LogP contribution in [0.2, 0.25) is 0 Å². The SMILES string of the molecule is C.C#CC(O)(c1ccc(Br)cc1)c1ccc(OCCC)cc1.CCOC(=O)c1c2c(c3ccccc3c1O)OC(c1ccc(C)cc1)(c1ccc(Br)cc1)C=C2.CCOC(=O)c1cc(O)c2ccccc2c1O. The molecule has 374 valence electrons. The molecule has 8 aromatic rings. The summed E-state index contributed by atoms with van der Waals surface area (Å²) in [5.41, 5.74) is 2.59. The quantitative estimate of drug-likeness (QED) is 0.0560. The first kappa shape index (κ1) is 54.8. The van der Waals surface area contributed by atoms with Crippen LogP contribution in [0, 0.1) is 19.3 Å². The number of aliphatic hydroxyl groups is 1. The van der Waals surface area contributed by atoms with Crippen molar-refractivity contribution in [3.8, 4) is 41.1 Å². The van der Waals surface area contributed by atoms with Crippen molar-refractivity contribution in [2.24, 2.45) is 0 Å². The zero-order valence-electron chi connectivity index (χ0n) is 40.0. The molecule has 8 aromatic carbocycles. The molecule has 2 atom stereocenters. The molecule has 2 unspecified atom stereocenters. The third-order valence-electron chi connectivity index (χ3n) is 11.9. The first-order valence-corrected chi connectivity index (χ1v) is 24.7. The maximum Gasteiger partial charge on any atom is 0.342 e. The van der Waals surface area contributed by atoms with Gasteiger partial charge in [-0.1, -0.05) is 167 Å². The van der Waals surface area contributed by atoms with Gasteiger partial charge >= 0.3 is 11.9 Å². The van der Waals surface area contributed by atoms with Gasteiger partial charge in [0.25, 0.3) is 0 Å². The van der Waals surface area contributed by atoms with Crippen molar-refractivity contribution in [2.45, 2.75) is 52.7 Å². The van der Waals surface area contributed by atoms with Crippen molar-refractivity contribution < 1.29 is 49.0 Å². The lowest BCUT2D eigenvalue weighted by molar-refractivity contribution is 0.0512. The highest BCUT2D eigenvalue weighted by Crippen LogP contribution is 2.49. The van der Waals surface area contributed by atoms with Crippen LogP contribution in [-0.4, -0.2) is 52.2 Å². The minimum Gasteiger partial charge on any atom is -0.507 e. The van der Waals surface area contributed by atoms with Gasteiger partial charge in [0.05, 0.1) is 19.8 Å². The summed E-state index contributed by atoms with van der Waals surface area (Å²) in [5.74, 6) is 2.24. The molecule has 0 radical (unpaired) electrons. The summed E-state index contributed by atoms with van der Waals surface area (Å²) >= 11 is 6.90. The van der Waals surface area contributed by atoms with E-state index in [4.69, 9.17) is 25.4 Å². The van der Waals surface area contributed by atoms with E-state index in [1.165, 1.54) is 6.07 Å². The number of carbonyl (C=O) groups is 2. The van der Waals surface area contributed by atoms with E-state index in [1.807, 2.05) is 97.9 Å². The summed E-state index contributed by atoms with van der Waals surface area (Å²) in [5, 5.41) is 43.8. The molecule has 0 spiro atoms. The van der Waals surface area contributed by atoms with Gasteiger partial charge in [0.2, 0.25) is 0 Å². The van der Waals surface area contributed by atoms with E-state index in [1.54, 1.807) is 56.3 Å². The van der Waals surface area contributed by atoms with Gasteiger partial charge in [-0.05, 0) is 81.8 Å². The number of esters is 2. The molecule has 0 saturated heterocycles. The number of rotatable bonds is 11. The number of phenolic OH excluding ortho intramolecular Hbond substituents is 3. The van der Waals surface area contributed by atoms with Crippen molar-refractivity contribution in [3.05, 3.63) is 211 Å². The molecule has 0 fully saturated rings. The number of halogens is 2. The van der Waals surface area contributed by atoms with Gasteiger partial charge in [-0.3, -0.25) is 0 Å². The van der Waals surface area contributed by atoms with Gasteiger partial charge in [0.1, 0.15) is 39.9 Å². The van der Waals surface area contributed by atoms with E-state index in [0.717, 1.165) is 43.2 Å². The summed E-state index contributed by atoms with van der Waals surface area (Å²) in [7, 11) is 0. The summed E-state index contributed by atoms with van der Waals surface area (Å²) < 4.78 is 24.4. The summed E-state index contributed by atoms with van der Waals surface area (Å²) in [6, 6.07) is 46.2. The van der Waals surface area contributed by atoms with Gasteiger partial charge in [-0.15, -0.1) is 6.42 Å². The standard InChI is InChI=1S/C29H23BrO4.C18H17BrO2.C13H12O4.CH4/c1-3-33-28(32)25-24-16-17-29(19-10-8-18(2)9-11-19,20-12-14-21(30)15-13-20)34-27(24)23-7-5-4-6-22(23)26(25)31;1-3-13-21-17-11-7-15(8-12-17)18(20,4-2)14-5-9-16(19)10-6-14;1-2-17-13(16)10-7-11(14)8-5-3-4-6-9(8)12(10)15;/h4-17,31H,3H2,1-2H3;2,5-12,20H,3,13H2,1H3;3-7,14-15H,2H2,1H3;1H4. The van der Waals surface area contributed by atoms with Crippen LogP contribution in [0.25, 0.3) is 27.6 Å². The molecular formula is C61H56Br2O10. The Balaban J connectivity index is 0.000000192. The molecule has 4 N–H and O–H groups in total. The summed E-state index contributed by atoms with van der Waals surface area (Å²) in [4.78, 5) is 24.4. The van der Waals surface area contributed by atoms with Crippen LogP contribution in [0.4, 0.5) is 0 Å². The monoisotopic (exact) mass is 1110 g/mol. The molecule has 9 rings (SSSR count). The number of ether oxygens (including phenoxy) is 4. The van der Waals surface area contributed by atoms with Crippen LogP contribution in [-0.2, 0) is 20.7 Å². The van der Waals surface area contributed by atoms with Crippen LogP contribution in [0.5, 0.6) is 28.7 Å². The molecule has 0 bridgehead atoms. The molecule has 10 nitrogen and oxygen atoms in total. The maximum atomic E-state index is 12.9. The molecule has 1 aliphatic heterocycles. The number of phenols is 3. The average molecular weight is 1110 g/mol. The fraction of sp³-hybridized carbons (Fsp3) is 0.180. The third kappa shape index (κ3) is 11.7. The molecule has 0 saturated carbocycles. The highest BCUT2D eigenvalue weighted by molar-refractivity contribution is 9.10. The Hall–Kier alpha value is -7.56. The molecule has 1 aliphatic rings. The second kappa shape index (κ2) is 24.2. The predicted octanol–water partition coefficient (Wildman–Crippen LogP) is 14.3. The molecule has 73 heavy (non-hydrogen) atoms. The third-order valence-corrected chi connectivity index (χ3v) is 12.9. The zero-order valence-corrected chi connectivity index (χ0v) is 43.2. The minimum atomic E-state index is -1.44.